The molecule has 4 nitrogen and oxygen atoms in total. The summed E-state index contributed by atoms with van der Waals surface area (Å²) in [6, 6.07) is 0. The van der Waals surface area contributed by atoms with Gasteiger partial charge in [-0.2, -0.15) is 0 Å². The van der Waals surface area contributed by atoms with Gasteiger partial charge < -0.3 is 15.9 Å². The molecule has 0 radical (unpaired) electrons. The second kappa shape index (κ2) is 3.92. The Morgan fingerprint density at radius 1 is 1.31 bits per heavy atom. The standard InChI is InChI=1S/C9H20N2O2/c1-9(2,5-10)6-11-3-7(12)8(13)4-11/h7-8,12-13H,3-6,10H2,1-2H3. The fourth-order valence-electron chi connectivity index (χ4n) is 1.65. The fraction of sp³-hybridized carbons (Fsp3) is 1.00. The van der Waals surface area contributed by atoms with Gasteiger partial charge in [-0.3, -0.25) is 4.90 Å². The molecule has 1 heterocycles. The average Bonchev–Trinajstić information content (AvgIpc) is 2.30. The van der Waals surface area contributed by atoms with E-state index in [4.69, 9.17) is 5.73 Å². The first kappa shape index (κ1) is 10.9. The van der Waals surface area contributed by atoms with Gasteiger partial charge in [0.1, 0.15) is 0 Å². The van der Waals surface area contributed by atoms with E-state index in [0.717, 1.165) is 6.54 Å². The van der Waals surface area contributed by atoms with Gasteiger partial charge in [0.15, 0.2) is 0 Å². The number of nitrogens with zero attached hydrogens (tertiary/aromatic N) is 1. The van der Waals surface area contributed by atoms with E-state index in [1.807, 2.05) is 0 Å². The first-order valence-electron chi connectivity index (χ1n) is 4.73. The Morgan fingerprint density at radius 3 is 2.15 bits per heavy atom. The Morgan fingerprint density at radius 2 is 1.77 bits per heavy atom. The van der Waals surface area contributed by atoms with E-state index in [-0.39, 0.29) is 5.41 Å². The number of rotatable bonds is 3. The minimum absolute atomic E-state index is 0.0593. The van der Waals surface area contributed by atoms with E-state index in [1.165, 1.54) is 0 Å². The van der Waals surface area contributed by atoms with Crippen LogP contribution in [-0.2, 0) is 0 Å². The quantitative estimate of drug-likeness (QED) is 0.532. The van der Waals surface area contributed by atoms with Crippen molar-refractivity contribution in [2.75, 3.05) is 26.2 Å². The maximum atomic E-state index is 9.31. The molecule has 2 unspecified atom stereocenters. The molecule has 1 fully saturated rings. The molecule has 1 rings (SSSR count). The van der Waals surface area contributed by atoms with Gasteiger partial charge in [-0.05, 0) is 12.0 Å². The third-order valence-electron chi connectivity index (χ3n) is 2.54. The minimum atomic E-state index is -0.589. The number of hydrogen-bond donors (Lipinski definition) is 3. The van der Waals surface area contributed by atoms with E-state index < -0.39 is 12.2 Å². The molecular weight excluding hydrogens is 168 g/mol. The summed E-state index contributed by atoms with van der Waals surface area (Å²) in [4.78, 5) is 2.06. The van der Waals surface area contributed by atoms with E-state index in [9.17, 15) is 10.2 Å². The Hall–Kier alpha value is -0.160. The molecule has 0 bridgehead atoms. The number of nitrogens with two attached hydrogens (primary N) is 1. The largest absolute Gasteiger partial charge is 0.389 e. The molecule has 0 aliphatic carbocycles. The molecule has 0 spiro atoms. The van der Waals surface area contributed by atoms with Crippen molar-refractivity contribution in [3.05, 3.63) is 0 Å². The molecule has 2 atom stereocenters. The highest BCUT2D eigenvalue weighted by Gasteiger charge is 2.32. The van der Waals surface area contributed by atoms with Gasteiger partial charge in [0, 0.05) is 19.6 Å². The summed E-state index contributed by atoms with van der Waals surface area (Å²) in [6.45, 7) is 6.75. The predicted octanol–water partition coefficient (Wildman–Crippen LogP) is -0.991. The normalized spacial score (nSPS) is 31.2. The zero-order valence-corrected chi connectivity index (χ0v) is 8.40. The van der Waals surface area contributed by atoms with Crippen molar-refractivity contribution < 1.29 is 10.2 Å². The van der Waals surface area contributed by atoms with Crippen LogP contribution in [0.25, 0.3) is 0 Å². The third-order valence-corrected chi connectivity index (χ3v) is 2.54. The van der Waals surface area contributed by atoms with E-state index in [2.05, 4.69) is 18.7 Å². The van der Waals surface area contributed by atoms with Crippen LogP contribution in [0.2, 0.25) is 0 Å². The summed E-state index contributed by atoms with van der Waals surface area (Å²) in [6.07, 6.45) is -1.18. The summed E-state index contributed by atoms with van der Waals surface area (Å²) in [5.41, 5.74) is 5.66. The van der Waals surface area contributed by atoms with Crippen LogP contribution >= 0.6 is 0 Å². The molecule has 78 valence electrons. The number of β-amino-alcohol motifs (C(OH)–C–C–N with tert-alkyl or cyclic N) is 2. The Bertz CT molecular complexity index is 163. The maximum Gasteiger partial charge on any atom is 0.0938 e. The van der Waals surface area contributed by atoms with Crippen molar-refractivity contribution in [2.45, 2.75) is 26.1 Å². The van der Waals surface area contributed by atoms with Gasteiger partial charge in [0.25, 0.3) is 0 Å². The van der Waals surface area contributed by atoms with Gasteiger partial charge in [-0.1, -0.05) is 13.8 Å². The fourth-order valence-corrected chi connectivity index (χ4v) is 1.65. The molecule has 0 aromatic carbocycles. The van der Waals surface area contributed by atoms with Gasteiger partial charge in [0.05, 0.1) is 12.2 Å². The van der Waals surface area contributed by atoms with Crippen LogP contribution in [0.3, 0.4) is 0 Å². The van der Waals surface area contributed by atoms with Gasteiger partial charge in [0.2, 0.25) is 0 Å². The average molecular weight is 188 g/mol. The van der Waals surface area contributed by atoms with Crippen LogP contribution < -0.4 is 5.73 Å². The lowest BCUT2D eigenvalue weighted by Crippen LogP contribution is -2.38. The highest BCUT2D eigenvalue weighted by atomic mass is 16.3. The Balaban J connectivity index is 2.40. The first-order chi connectivity index (χ1) is 5.94. The van der Waals surface area contributed by atoms with E-state index in [1.54, 1.807) is 0 Å². The molecule has 0 aromatic heterocycles. The van der Waals surface area contributed by atoms with Crippen molar-refractivity contribution in [2.24, 2.45) is 11.1 Å². The Kier molecular flexibility index (Phi) is 3.29. The molecule has 0 saturated carbocycles. The highest BCUT2D eigenvalue weighted by Crippen LogP contribution is 2.19. The molecule has 4 heteroatoms. The number of aliphatic hydroxyl groups is 2. The molecule has 4 N–H and O–H groups in total. The summed E-state index contributed by atoms with van der Waals surface area (Å²) in [5.74, 6) is 0. The SMILES string of the molecule is CC(C)(CN)CN1CC(O)C(O)C1. The number of hydrogen-bond acceptors (Lipinski definition) is 4. The van der Waals surface area contributed by atoms with Crippen LogP contribution in [0.1, 0.15) is 13.8 Å². The zero-order valence-electron chi connectivity index (χ0n) is 8.40. The molecular formula is C9H20N2O2. The topological polar surface area (TPSA) is 69.7 Å². The van der Waals surface area contributed by atoms with Gasteiger partial charge >= 0.3 is 0 Å². The molecule has 1 aliphatic rings. The number of likely N-dealkylation sites (tertiary alicyclic amines) is 1. The van der Waals surface area contributed by atoms with Gasteiger partial charge in [-0.25, -0.2) is 0 Å². The summed E-state index contributed by atoms with van der Waals surface area (Å²) >= 11 is 0. The van der Waals surface area contributed by atoms with Crippen LogP contribution in [0, 0.1) is 5.41 Å². The monoisotopic (exact) mass is 188 g/mol. The zero-order chi connectivity index (χ0) is 10.1. The second-order valence-corrected chi connectivity index (χ2v) is 4.70. The molecule has 1 saturated heterocycles. The van der Waals surface area contributed by atoms with Crippen LogP contribution in [-0.4, -0.2) is 53.5 Å². The lowest BCUT2D eigenvalue weighted by Gasteiger charge is -2.28. The second-order valence-electron chi connectivity index (χ2n) is 4.70. The maximum absolute atomic E-state index is 9.31. The minimum Gasteiger partial charge on any atom is -0.389 e. The third kappa shape index (κ3) is 2.91. The van der Waals surface area contributed by atoms with Crippen molar-refractivity contribution in [1.82, 2.24) is 4.90 Å². The summed E-state index contributed by atoms with van der Waals surface area (Å²) in [7, 11) is 0. The van der Waals surface area contributed by atoms with E-state index in [0.29, 0.717) is 19.6 Å². The number of aliphatic hydroxyl groups excluding tert-OH is 2. The van der Waals surface area contributed by atoms with Crippen LogP contribution in [0.5, 0.6) is 0 Å². The van der Waals surface area contributed by atoms with Crippen molar-refractivity contribution in [1.29, 1.82) is 0 Å². The molecule has 1 aliphatic heterocycles. The smallest absolute Gasteiger partial charge is 0.0938 e. The highest BCUT2D eigenvalue weighted by molar-refractivity contribution is 4.86. The van der Waals surface area contributed by atoms with Crippen molar-refractivity contribution in [3.63, 3.8) is 0 Å². The summed E-state index contributed by atoms with van der Waals surface area (Å²) in [5, 5.41) is 18.6. The lowest BCUT2D eigenvalue weighted by atomic mass is 9.93. The van der Waals surface area contributed by atoms with E-state index >= 15 is 0 Å². The van der Waals surface area contributed by atoms with Gasteiger partial charge in [-0.15, -0.1) is 0 Å². The predicted molar refractivity (Wildman–Crippen MR) is 51.3 cm³/mol. The van der Waals surface area contributed by atoms with Crippen molar-refractivity contribution in [3.8, 4) is 0 Å². The lowest BCUT2D eigenvalue weighted by molar-refractivity contribution is 0.0572. The molecule has 13 heavy (non-hydrogen) atoms. The van der Waals surface area contributed by atoms with Crippen LogP contribution in [0.4, 0.5) is 0 Å². The molecule has 0 aromatic rings. The molecule has 0 amide bonds. The Labute approximate surface area is 79.3 Å². The van der Waals surface area contributed by atoms with Crippen molar-refractivity contribution >= 4 is 0 Å². The van der Waals surface area contributed by atoms with Crippen LogP contribution in [0.15, 0.2) is 0 Å². The first-order valence-corrected chi connectivity index (χ1v) is 4.73. The summed E-state index contributed by atoms with van der Waals surface area (Å²) < 4.78 is 0.